The molecule has 7 nitrogen and oxygen atoms in total. The molecule has 0 spiro atoms. The van der Waals surface area contributed by atoms with E-state index >= 15 is 0 Å². The SMILES string of the molecule is Cc1ccc(C(=O)N2CCN(C(=O)c3cc(-c4ccco4)n(-c4ccc(Cl)cc4)n3)CC2)cc1. The number of amides is 2. The number of benzene rings is 2. The van der Waals surface area contributed by atoms with Crippen LogP contribution in [0.15, 0.2) is 77.4 Å². The van der Waals surface area contributed by atoms with Gasteiger partial charge in [-0.15, -0.1) is 0 Å². The highest BCUT2D eigenvalue weighted by Gasteiger charge is 2.28. The fourth-order valence-corrected chi connectivity index (χ4v) is 4.14. The monoisotopic (exact) mass is 474 g/mol. The Hall–Kier alpha value is -3.84. The summed E-state index contributed by atoms with van der Waals surface area (Å²) in [6.07, 6.45) is 1.58. The van der Waals surface area contributed by atoms with Crippen molar-refractivity contribution in [2.75, 3.05) is 26.2 Å². The molecule has 1 aliphatic rings. The molecule has 2 amide bonds. The number of nitrogens with zero attached hydrogens (tertiary/aromatic N) is 4. The van der Waals surface area contributed by atoms with E-state index in [9.17, 15) is 9.59 Å². The van der Waals surface area contributed by atoms with Gasteiger partial charge in [0.05, 0.1) is 12.0 Å². The van der Waals surface area contributed by atoms with Crippen LogP contribution in [0, 0.1) is 6.92 Å². The van der Waals surface area contributed by atoms with Crippen molar-refractivity contribution in [2.24, 2.45) is 0 Å². The lowest BCUT2D eigenvalue weighted by atomic mass is 10.1. The summed E-state index contributed by atoms with van der Waals surface area (Å²) in [5, 5.41) is 5.21. The van der Waals surface area contributed by atoms with E-state index in [2.05, 4.69) is 5.10 Å². The maximum absolute atomic E-state index is 13.3. The summed E-state index contributed by atoms with van der Waals surface area (Å²) >= 11 is 6.04. The standard InChI is InChI=1S/C26H23ClN4O3/c1-18-4-6-19(7-5-18)25(32)29-12-14-30(15-13-29)26(33)22-17-23(24-3-2-16-34-24)31(28-22)21-10-8-20(27)9-11-21/h2-11,16-17H,12-15H2,1H3. The number of aryl methyl sites for hydroxylation is 1. The molecular formula is C26H23ClN4O3. The van der Waals surface area contributed by atoms with E-state index in [4.69, 9.17) is 16.0 Å². The highest BCUT2D eigenvalue weighted by molar-refractivity contribution is 6.30. The zero-order chi connectivity index (χ0) is 23.7. The molecule has 1 aliphatic heterocycles. The van der Waals surface area contributed by atoms with E-state index in [-0.39, 0.29) is 11.8 Å². The highest BCUT2D eigenvalue weighted by Crippen LogP contribution is 2.26. The van der Waals surface area contributed by atoms with Crippen molar-refractivity contribution >= 4 is 23.4 Å². The Labute approximate surface area is 202 Å². The maximum atomic E-state index is 13.3. The minimum atomic E-state index is -0.178. The van der Waals surface area contributed by atoms with Gasteiger partial charge in [0.15, 0.2) is 11.5 Å². The number of hydrogen-bond donors (Lipinski definition) is 0. The largest absolute Gasteiger partial charge is 0.463 e. The molecule has 34 heavy (non-hydrogen) atoms. The molecule has 8 heteroatoms. The Balaban J connectivity index is 1.34. The summed E-state index contributed by atoms with van der Waals surface area (Å²) in [5.41, 5.74) is 3.53. The molecule has 0 atom stereocenters. The number of carbonyl (C=O) groups excluding carboxylic acids is 2. The van der Waals surface area contributed by atoms with E-state index in [1.54, 1.807) is 45.0 Å². The molecule has 172 valence electrons. The van der Waals surface area contributed by atoms with E-state index in [0.29, 0.717) is 53.9 Å². The Kier molecular flexibility index (Phi) is 5.94. The fourth-order valence-electron chi connectivity index (χ4n) is 4.02. The van der Waals surface area contributed by atoms with Crippen LogP contribution in [-0.2, 0) is 0 Å². The van der Waals surface area contributed by atoms with Crippen LogP contribution in [0.25, 0.3) is 17.1 Å². The number of rotatable bonds is 4. The first-order valence-electron chi connectivity index (χ1n) is 11.0. The summed E-state index contributed by atoms with van der Waals surface area (Å²) in [5.74, 6) is 0.414. The first kappa shape index (κ1) is 22.0. The van der Waals surface area contributed by atoms with E-state index < -0.39 is 0 Å². The van der Waals surface area contributed by atoms with Crippen molar-refractivity contribution in [3.8, 4) is 17.1 Å². The molecule has 5 rings (SSSR count). The van der Waals surface area contributed by atoms with E-state index in [1.807, 2.05) is 49.4 Å². The van der Waals surface area contributed by atoms with Gasteiger partial charge in [-0.1, -0.05) is 29.3 Å². The van der Waals surface area contributed by atoms with Gasteiger partial charge in [0.2, 0.25) is 0 Å². The molecular weight excluding hydrogens is 452 g/mol. The lowest BCUT2D eigenvalue weighted by molar-refractivity contribution is 0.0532. The molecule has 0 aliphatic carbocycles. The Morgan fingerprint density at radius 3 is 2.15 bits per heavy atom. The molecule has 2 aromatic carbocycles. The molecule has 0 unspecified atom stereocenters. The van der Waals surface area contributed by atoms with Crippen LogP contribution in [0.4, 0.5) is 0 Å². The molecule has 0 N–H and O–H groups in total. The molecule has 0 radical (unpaired) electrons. The van der Waals surface area contributed by atoms with Gasteiger partial charge in [-0.05, 0) is 55.5 Å². The van der Waals surface area contributed by atoms with Gasteiger partial charge in [-0.25, -0.2) is 4.68 Å². The molecule has 1 fully saturated rings. The second-order valence-corrected chi connectivity index (χ2v) is 8.67. The molecule has 1 saturated heterocycles. The zero-order valence-electron chi connectivity index (χ0n) is 18.6. The molecule has 0 saturated carbocycles. The van der Waals surface area contributed by atoms with Gasteiger partial charge in [-0.3, -0.25) is 9.59 Å². The Morgan fingerprint density at radius 1 is 0.882 bits per heavy atom. The first-order valence-corrected chi connectivity index (χ1v) is 11.4. The van der Waals surface area contributed by atoms with Crippen LogP contribution in [0.3, 0.4) is 0 Å². The lowest BCUT2D eigenvalue weighted by Gasteiger charge is -2.34. The van der Waals surface area contributed by atoms with Crippen molar-refractivity contribution in [1.29, 1.82) is 0 Å². The quantitative estimate of drug-likeness (QED) is 0.430. The third-order valence-electron chi connectivity index (χ3n) is 5.93. The summed E-state index contributed by atoms with van der Waals surface area (Å²) in [6, 6.07) is 20.1. The third kappa shape index (κ3) is 4.34. The topological polar surface area (TPSA) is 71.6 Å². The zero-order valence-corrected chi connectivity index (χ0v) is 19.4. The molecule has 0 bridgehead atoms. The smallest absolute Gasteiger partial charge is 0.274 e. The van der Waals surface area contributed by atoms with E-state index in [1.165, 1.54) is 0 Å². The minimum absolute atomic E-state index is 0.0146. The van der Waals surface area contributed by atoms with Crippen LogP contribution in [0.2, 0.25) is 5.02 Å². The number of furan rings is 1. The second kappa shape index (κ2) is 9.19. The van der Waals surface area contributed by atoms with Gasteiger partial charge in [0.25, 0.3) is 11.8 Å². The highest BCUT2D eigenvalue weighted by atomic mass is 35.5. The number of hydrogen-bond acceptors (Lipinski definition) is 4. The van der Waals surface area contributed by atoms with Crippen molar-refractivity contribution in [3.05, 3.63) is 94.8 Å². The normalized spacial score (nSPS) is 13.8. The fraction of sp³-hybridized carbons (Fsp3) is 0.192. The van der Waals surface area contributed by atoms with Gasteiger partial charge < -0.3 is 14.2 Å². The first-order chi connectivity index (χ1) is 16.5. The second-order valence-electron chi connectivity index (χ2n) is 8.23. The molecule has 2 aromatic heterocycles. The molecule has 4 aromatic rings. The van der Waals surface area contributed by atoms with Gasteiger partial charge in [0.1, 0.15) is 5.69 Å². The van der Waals surface area contributed by atoms with Crippen molar-refractivity contribution in [1.82, 2.24) is 19.6 Å². The summed E-state index contributed by atoms with van der Waals surface area (Å²) < 4.78 is 7.26. The van der Waals surface area contributed by atoms with Gasteiger partial charge in [-0.2, -0.15) is 5.10 Å². The number of carbonyl (C=O) groups is 2. The molecule has 3 heterocycles. The average molecular weight is 475 g/mol. The van der Waals surface area contributed by atoms with Crippen molar-refractivity contribution in [3.63, 3.8) is 0 Å². The minimum Gasteiger partial charge on any atom is -0.463 e. The third-order valence-corrected chi connectivity index (χ3v) is 6.18. The van der Waals surface area contributed by atoms with Gasteiger partial charge in [0, 0.05) is 42.8 Å². The van der Waals surface area contributed by atoms with Crippen LogP contribution in [0.5, 0.6) is 0 Å². The number of aromatic nitrogens is 2. The van der Waals surface area contributed by atoms with E-state index in [0.717, 1.165) is 11.3 Å². The lowest BCUT2D eigenvalue weighted by Crippen LogP contribution is -2.50. The number of halogens is 1. The predicted molar refractivity (Wildman–Crippen MR) is 129 cm³/mol. The number of piperazine rings is 1. The Morgan fingerprint density at radius 2 is 1.53 bits per heavy atom. The summed E-state index contributed by atoms with van der Waals surface area (Å²) in [6.45, 7) is 3.83. The summed E-state index contributed by atoms with van der Waals surface area (Å²) in [7, 11) is 0. The van der Waals surface area contributed by atoms with Crippen LogP contribution in [0.1, 0.15) is 26.4 Å². The Bertz CT molecular complexity index is 1300. The van der Waals surface area contributed by atoms with Crippen LogP contribution < -0.4 is 0 Å². The maximum Gasteiger partial charge on any atom is 0.274 e. The van der Waals surface area contributed by atoms with Crippen LogP contribution in [-0.4, -0.2) is 57.6 Å². The summed E-state index contributed by atoms with van der Waals surface area (Å²) in [4.78, 5) is 29.6. The predicted octanol–water partition coefficient (Wildman–Crippen LogP) is 4.69. The average Bonchev–Trinajstić information content (AvgIpc) is 3.55. The van der Waals surface area contributed by atoms with Crippen molar-refractivity contribution in [2.45, 2.75) is 6.92 Å². The van der Waals surface area contributed by atoms with Crippen LogP contribution >= 0.6 is 11.6 Å². The van der Waals surface area contributed by atoms with Crippen molar-refractivity contribution < 1.29 is 14.0 Å². The van der Waals surface area contributed by atoms with Gasteiger partial charge >= 0.3 is 0 Å².